The van der Waals surface area contributed by atoms with Gasteiger partial charge in [-0.25, -0.2) is 4.98 Å². The van der Waals surface area contributed by atoms with E-state index >= 15 is 0 Å². The van der Waals surface area contributed by atoms with Crippen LogP contribution < -0.4 is 0 Å². The third kappa shape index (κ3) is 3.58. The van der Waals surface area contributed by atoms with E-state index in [9.17, 15) is 4.79 Å². The second-order valence-corrected chi connectivity index (χ2v) is 7.35. The molecule has 0 bridgehead atoms. The summed E-state index contributed by atoms with van der Waals surface area (Å²) in [5.74, 6) is 0.914. The first kappa shape index (κ1) is 17.0. The van der Waals surface area contributed by atoms with Gasteiger partial charge < -0.3 is 9.32 Å². The molecule has 0 saturated carbocycles. The molecule has 4 nitrogen and oxygen atoms in total. The maximum atomic E-state index is 12.6. The number of aromatic nitrogens is 1. The van der Waals surface area contributed by atoms with Crippen LogP contribution in [-0.4, -0.2) is 28.9 Å². The fraction of sp³-hybridized carbons (Fsp3) is 0.238. The molecule has 0 N–H and O–H groups in total. The highest BCUT2D eigenvalue weighted by atomic mass is 79.9. The maximum absolute atomic E-state index is 12.6. The third-order valence-corrected chi connectivity index (χ3v) is 5.43. The van der Waals surface area contributed by atoms with Crippen molar-refractivity contribution in [2.24, 2.45) is 0 Å². The van der Waals surface area contributed by atoms with Gasteiger partial charge in [0.25, 0.3) is 0 Å². The number of amides is 1. The number of piperidine rings is 1. The smallest absolute Gasteiger partial charge is 0.246 e. The third-order valence-electron chi connectivity index (χ3n) is 4.70. The van der Waals surface area contributed by atoms with Crippen LogP contribution in [0.1, 0.15) is 30.2 Å². The number of benzene rings is 2. The summed E-state index contributed by atoms with van der Waals surface area (Å²) in [5.41, 5.74) is 2.67. The molecule has 132 valence electrons. The van der Waals surface area contributed by atoms with E-state index in [1.54, 1.807) is 6.08 Å². The first-order valence-electron chi connectivity index (χ1n) is 8.78. The number of hydrogen-bond donors (Lipinski definition) is 0. The average Bonchev–Trinajstić information content (AvgIpc) is 3.11. The molecular weight excluding hydrogens is 392 g/mol. The lowest BCUT2D eigenvalue weighted by molar-refractivity contribution is -0.127. The van der Waals surface area contributed by atoms with Gasteiger partial charge in [-0.2, -0.15) is 0 Å². The van der Waals surface area contributed by atoms with Crippen LogP contribution in [-0.2, 0) is 4.79 Å². The van der Waals surface area contributed by atoms with Gasteiger partial charge >= 0.3 is 0 Å². The van der Waals surface area contributed by atoms with Crippen molar-refractivity contribution in [1.82, 2.24) is 9.88 Å². The molecule has 1 aliphatic heterocycles. The van der Waals surface area contributed by atoms with Crippen molar-refractivity contribution in [2.45, 2.75) is 18.8 Å². The van der Waals surface area contributed by atoms with Gasteiger partial charge in [-0.3, -0.25) is 4.79 Å². The molecule has 0 aliphatic carbocycles. The van der Waals surface area contributed by atoms with Crippen molar-refractivity contribution in [2.75, 3.05) is 13.1 Å². The normalized spacial score (nSPS) is 17.9. The van der Waals surface area contributed by atoms with Crippen molar-refractivity contribution in [3.63, 3.8) is 0 Å². The predicted molar refractivity (Wildman–Crippen MR) is 106 cm³/mol. The summed E-state index contributed by atoms with van der Waals surface area (Å²) in [6.45, 7) is 1.42. The lowest BCUT2D eigenvalue weighted by Crippen LogP contribution is -2.38. The highest BCUT2D eigenvalue weighted by Crippen LogP contribution is 2.29. The van der Waals surface area contributed by atoms with Crippen molar-refractivity contribution >= 4 is 39.0 Å². The van der Waals surface area contributed by atoms with Crippen LogP contribution in [0.15, 0.2) is 63.5 Å². The van der Waals surface area contributed by atoms with Gasteiger partial charge in [0.2, 0.25) is 5.91 Å². The van der Waals surface area contributed by atoms with Crippen molar-refractivity contribution in [3.05, 3.63) is 70.5 Å². The highest BCUT2D eigenvalue weighted by Gasteiger charge is 2.27. The van der Waals surface area contributed by atoms with Gasteiger partial charge in [-0.05, 0) is 42.7 Å². The predicted octanol–water partition coefficient (Wildman–Crippen LogP) is 5.01. The molecule has 0 spiro atoms. The number of fused-ring (bicyclic) bond motifs is 1. The number of hydrogen-bond acceptors (Lipinski definition) is 3. The second-order valence-electron chi connectivity index (χ2n) is 6.50. The fourth-order valence-electron chi connectivity index (χ4n) is 3.32. The molecule has 1 fully saturated rings. The van der Waals surface area contributed by atoms with E-state index in [2.05, 4.69) is 20.9 Å². The number of halogens is 1. The zero-order valence-electron chi connectivity index (χ0n) is 14.3. The monoisotopic (exact) mass is 410 g/mol. The Kier molecular flexibility index (Phi) is 4.89. The summed E-state index contributed by atoms with van der Waals surface area (Å²) < 4.78 is 6.89. The van der Waals surface area contributed by atoms with Crippen LogP contribution in [0.2, 0.25) is 0 Å². The molecule has 1 atom stereocenters. The van der Waals surface area contributed by atoms with Gasteiger partial charge in [0.05, 0.1) is 5.92 Å². The molecule has 0 radical (unpaired) electrons. The van der Waals surface area contributed by atoms with Gasteiger partial charge in [-0.15, -0.1) is 0 Å². The van der Waals surface area contributed by atoms with Gasteiger partial charge in [0.15, 0.2) is 11.5 Å². The van der Waals surface area contributed by atoms with E-state index in [0.717, 1.165) is 46.4 Å². The molecule has 5 heteroatoms. The average molecular weight is 411 g/mol. The molecule has 2 heterocycles. The summed E-state index contributed by atoms with van der Waals surface area (Å²) in [6.07, 6.45) is 5.45. The Labute approximate surface area is 160 Å². The zero-order valence-corrected chi connectivity index (χ0v) is 15.9. The minimum atomic E-state index is 0.0292. The minimum absolute atomic E-state index is 0.0292. The van der Waals surface area contributed by atoms with E-state index in [1.807, 2.05) is 59.5 Å². The number of carbonyl (C=O) groups excluding carboxylic acids is 1. The van der Waals surface area contributed by atoms with E-state index in [-0.39, 0.29) is 11.8 Å². The maximum Gasteiger partial charge on any atom is 0.246 e. The number of likely N-dealkylation sites (tertiary alicyclic amines) is 1. The number of para-hydroxylation sites is 2. The van der Waals surface area contributed by atoms with Crippen LogP contribution in [0.5, 0.6) is 0 Å². The van der Waals surface area contributed by atoms with E-state index in [4.69, 9.17) is 4.42 Å². The lowest BCUT2D eigenvalue weighted by atomic mass is 9.98. The largest absolute Gasteiger partial charge is 0.440 e. The Bertz CT molecular complexity index is 930. The Balaban J connectivity index is 1.47. The van der Waals surface area contributed by atoms with E-state index in [0.29, 0.717) is 6.54 Å². The molecule has 1 unspecified atom stereocenters. The van der Waals surface area contributed by atoms with Crippen LogP contribution in [0, 0.1) is 0 Å². The lowest BCUT2D eigenvalue weighted by Gasteiger charge is -2.30. The van der Waals surface area contributed by atoms with Gasteiger partial charge in [0.1, 0.15) is 5.52 Å². The standard InChI is InChI=1S/C21H19BrN2O2/c22-17-8-2-1-6-15(17)11-12-20(25)24-13-5-7-16(14-24)21-23-18-9-3-4-10-19(18)26-21/h1-4,6,8-12,16H,5,7,13-14H2/b12-11+. The zero-order chi connectivity index (χ0) is 17.9. The molecule has 1 amide bonds. The molecule has 1 aliphatic rings. The Morgan fingerprint density at radius 2 is 2.00 bits per heavy atom. The van der Waals surface area contributed by atoms with Crippen molar-refractivity contribution < 1.29 is 9.21 Å². The first-order valence-corrected chi connectivity index (χ1v) is 9.57. The highest BCUT2D eigenvalue weighted by molar-refractivity contribution is 9.10. The number of oxazole rings is 1. The molecular formula is C21H19BrN2O2. The molecule has 4 rings (SSSR count). The number of nitrogens with zero attached hydrogens (tertiary/aromatic N) is 2. The Morgan fingerprint density at radius 3 is 2.85 bits per heavy atom. The summed E-state index contributed by atoms with van der Waals surface area (Å²) >= 11 is 3.50. The van der Waals surface area contributed by atoms with Crippen molar-refractivity contribution in [1.29, 1.82) is 0 Å². The number of carbonyl (C=O) groups is 1. The molecule has 26 heavy (non-hydrogen) atoms. The SMILES string of the molecule is O=C(/C=C/c1ccccc1Br)N1CCCC(c2nc3ccccc3o2)C1. The fourth-order valence-corrected chi connectivity index (χ4v) is 3.74. The van der Waals surface area contributed by atoms with Crippen LogP contribution >= 0.6 is 15.9 Å². The summed E-state index contributed by atoms with van der Waals surface area (Å²) in [6, 6.07) is 15.6. The van der Waals surface area contributed by atoms with Gasteiger partial charge in [-0.1, -0.05) is 46.3 Å². The topological polar surface area (TPSA) is 46.3 Å². The quantitative estimate of drug-likeness (QED) is 0.570. The first-order chi connectivity index (χ1) is 12.7. The summed E-state index contributed by atoms with van der Waals surface area (Å²) in [4.78, 5) is 19.1. The van der Waals surface area contributed by atoms with Crippen molar-refractivity contribution in [3.8, 4) is 0 Å². The number of rotatable bonds is 3. The summed E-state index contributed by atoms with van der Waals surface area (Å²) in [7, 11) is 0. The molecule has 1 saturated heterocycles. The van der Waals surface area contributed by atoms with E-state index < -0.39 is 0 Å². The van der Waals surface area contributed by atoms with Gasteiger partial charge in [0, 0.05) is 23.6 Å². The van der Waals surface area contributed by atoms with E-state index in [1.165, 1.54) is 0 Å². The van der Waals surface area contributed by atoms with Crippen LogP contribution in [0.25, 0.3) is 17.2 Å². The minimum Gasteiger partial charge on any atom is -0.440 e. The summed E-state index contributed by atoms with van der Waals surface area (Å²) in [5, 5.41) is 0. The molecule has 2 aromatic carbocycles. The van der Waals surface area contributed by atoms with Crippen LogP contribution in [0.4, 0.5) is 0 Å². The second kappa shape index (κ2) is 7.46. The Morgan fingerprint density at radius 1 is 1.19 bits per heavy atom. The molecule has 1 aromatic heterocycles. The van der Waals surface area contributed by atoms with Crippen LogP contribution in [0.3, 0.4) is 0 Å². The molecule has 3 aromatic rings. The Hall–Kier alpha value is -2.40.